The lowest BCUT2D eigenvalue weighted by Crippen LogP contribution is -2.28. The molecule has 0 N–H and O–H groups in total. The molecule has 2 rings (SSSR count). The summed E-state index contributed by atoms with van der Waals surface area (Å²) in [7, 11) is 2.07. The molecule has 0 aliphatic carbocycles. The first-order chi connectivity index (χ1) is 9.49. The maximum absolute atomic E-state index is 11.7. The minimum Gasteiger partial charge on any atom is -0.343 e. The second kappa shape index (κ2) is 6.50. The molecule has 110 valence electrons. The van der Waals surface area contributed by atoms with Crippen molar-refractivity contribution < 1.29 is 9.59 Å². The van der Waals surface area contributed by atoms with Crippen LogP contribution in [-0.2, 0) is 11.3 Å². The SMILES string of the molecule is CCN1C[C@@H](CN(C)Cc2csc(C(C)=O)c2)CC1=O. The van der Waals surface area contributed by atoms with Crippen molar-refractivity contribution in [3.05, 3.63) is 21.9 Å². The Morgan fingerprint density at radius 3 is 2.85 bits per heavy atom. The van der Waals surface area contributed by atoms with Gasteiger partial charge in [-0.3, -0.25) is 9.59 Å². The Hall–Kier alpha value is -1.20. The first-order valence-corrected chi connectivity index (χ1v) is 7.92. The smallest absolute Gasteiger partial charge is 0.222 e. The summed E-state index contributed by atoms with van der Waals surface area (Å²) in [6.07, 6.45) is 0.667. The molecule has 2 heterocycles. The van der Waals surface area contributed by atoms with Gasteiger partial charge in [-0.05, 0) is 43.8 Å². The molecule has 4 nitrogen and oxygen atoms in total. The average molecular weight is 294 g/mol. The van der Waals surface area contributed by atoms with E-state index in [2.05, 4.69) is 11.9 Å². The van der Waals surface area contributed by atoms with Crippen LogP contribution in [0.5, 0.6) is 0 Å². The number of hydrogen-bond donors (Lipinski definition) is 0. The van der Waals surface area contributed by atoms with E-state index in [0.29, 0.717) is 12.3 Å². The Morgan fingerprint density at radius 2 is 2.30 bits per heavy atom. The zero-order valence-corrected chi connectivity index (χ0v) is 13.2. The van der Waals surface area contributed by atoms with Gasteiger partial charge in [-0.2, -0.15) is 0 Å². The molecule has 1 amide bonds. The van der Waals surface area contributed by atoms with Gasteiger partial charge in [0.25, 0.3) is 0 Å². The van der Waals surface area contributed by atoms with Crippen LogP contribution in [0.3, 0.4) is 0 Å². The molecule has 1 aliphatic rings. The quantitative estimate of drug-likeness (QED) is 0.756. The van der Waals surface area contributed by atoms with Crippen molar-refractivity contribution in [2.24, 2.45) is 5.92 Å². The van der Waals surface area contributed by atoms with E-state index in [9.17, 15) is 9.59 Å². The molecule has 0 aromatic carbocycles. The molecule has 5 heteroatoms. The standard InChI is InChI=1S/C15H22N2O2S/c1-4-17-9-12(6-15(17)19)7-16(3)8-13-5-14(11(2)18)20-10-13/h5,10,12H,4,6-9H2,1-3H3/t12-/m1/s1. The summed E-state index contributed by atoms with van der Waals surface area (Å²) in [5.74, 6) is 0.836. The number of carbonyl (C=O) groups excluding carboxylic acids is 2. The normalized spacial score (nSPS) is 19.1. The van der Waals surface area contributed by atoms with Crippen LogP contribution >= 0.6 is 11.3 Å². The predicted octanol–water partition coefficient (Wildman–Crippen LogP) is 2.25. The number of Topliss-reactive ketones (excluding diaryl/α,β-unsaturated/α-hetero) is 1. The van der Waals surface area contributed by atoms with Gasteiger partial charge in [-0.15, -0.1) is 11.3 Å². The fraction of sp³-hybridized carbons (Fsp3) is 0.600. The van der Waals surface area contributed by atoms with Crippen LogP contribution in [0.2, 0.25) is 0 Å². The third-order valence-electron chi connectivity index (χ3n) is 3.70. The molecule has 1 aromatic rings. The van der Waals surface area contributed by atoms with Crippen LogP contribution in [0.1, 0.15) is 35.5 Å². The van der Waals surface area contributed by atoms with E-state index in [4.69, 9.17) is 0 Å². The average Bonchev–Trinajstić information content (AvgIpc) is 2.96. The maximum Gasteiger partial charge on any atom is 0.222 e. The largest absolute Gasteiger partial charge is 0.343 e. The second-order valence-electron chi connectivity index (χ2n) is 5.57. The van der Waals surface area contributed by atoms with Gasteiger partial charge in [-0.1, -0.05) is 0 Å². The lowest BCUT2D eigenvalue weighted by molar-refractivity contribution is -0.127. The molecule has 20 heavy (non-hydrogen) atoms. The van der Waals surface area contributed by atoms with Gasteiger partial charge >= 0.3 is 0 Å². The summed E-state index contributed by atoms with van der Waals surface area (Å²) < 4.78 is 0. The predicted molar refractivity (Wildman–Crippen MR) is 81.0 cm³/mol. The second-order valence-corrected chi connectivity index (χ2v) is 6.49. The summed E-state index contributed by atoms with van der Waals surface area (Å²) >= 11 is 1.51. The number of hydrogen-bond acceptors (Lipinski definition) is 4. The molecule has 0 unspecified atom stereocenters. The van der Waals surface area contributed by atoms with Crippen molar-refractivity contribution in [1.82, 2.24) is 9.80 Å². The Morgan fingerprint density at radius 1 is 1.55 bits per heavy atom. The molecule has 0 spiro atoms. The van der Waals surface area contributed by atoms with E-state index in [1.807, 2.05) is 23.3 Å². The Labute approximate surface area is 124 Å². The highest BCUT2D eigenvalue weighted by molar-refractivity contribution is 7.12. The van der Waals surface area contributed by atoms with Crippen LogP contribution in [0.4, 0.5) is 0 Å². The Kier molecular flexibility index (Phi) is 4.94. The van der Waals surface area contributed by atoms with Gasteiger partial charge in [0.05, 0.1) is 4.88 Å². The van der Waals surface area contributed by atoms with Gasteiger partial charge in [0.15, 0.2) is 5.78 Å². The molecular weight excluding hydrogens is 272 g/mol. The van der Waals surface area contributed by atoms with Crippen molar-refractivity contribution >= 4 is 23.0 Å². The third kappa shape index (κ3) is 3.67. The van der Waals surface area contributed by atoms with E-state index in [1.165, 1.54) is 16.9 Å². The number of nitrogens with zero attached hydrogens (tertiary/aromatic N) is 2. The van der Waals surface area contributed by atoms with Crippen molar-refractivity contribution in [3.8, 4) is 0 Å². The topological polar surface area (TPSA) is 40.6 Å². The lowest BCUT2D eigenvalue weighted by atomic mass is 10.1. The van der Waals surface area contributed by atoms with E-state index in [0.717, 1.165) is 31.1 Å². The molecule has 1 fully saturated rings. The molecule has 0 bridgehead atoms. The third-order valence-corrected chi connectivity index (χ3v) is 4.78. The van der Waals surface area contributed by atoms with Crippen LogP contribution in [0.15, 0.2) is 11.4 Å². The van der Waals surface area contributed by atoms with E-state index < -0.39 is 0 Å². The molecule has 0 radical (unpaired) electrons. The van der Waals surface area contributed by atoms with Gasteiger partial charge in [0, 0.05) is 32.6 Å². The zero-order valence-electron chi connectivity index (χ0n) is 12.4. The molecular formula is C15H22N2O2S. The first kappa shape index (κ1) is 15.2. The number of thiophene rings is 1. The van der Waals surface area contributed by atoms with E-state index in [1.54, 1.807) is 6.92 Å². The van der Waals surface area contributed by atoms with Gasteiger partial charge in [-0.25, -0.2) is 0 Å². The number of rotatable bonds is 6. The van der Waals surface area contributed by atoms with Gasteiger partial charge < -0.3 is 9.80 Å². The van der Waals surface area contributed by atoms with Crippen molar-refractivity contribution in [2.75, 3.05) is 26.7 Å². The molecule has 1 atom stereocenters. The number of likely N-dealkylation sites (tertiary alicyclic amines) is 1. The van der Waals surface area contributed by atoms with E-state index in [-0.39, 0.29) is 11.7 Å². The highest BCUT2D eigenvalue weighted by Gasteiger charge is 2.28. The molecule has 1 saturated heterocycles. The summed E-state index contributed by atoms with van der Waals surface area (Å²) in [5.41, 5.74) is 1.18. The van der Waals surface area contributed by atoms with Crippen molar-refractivity contribution in [2.45, 2.75) is 26.8 Å². The first-order valence-electron chi connectivity index (χ1n) is 7.04. The zero-order chi connectivity index (χ0) is 14.7. The van der Waals surface area contributed by atoms with Crippen LogP contribution in [0, 0.1) is 5.92 Å². The van der Waals surface area contributed by atoms with Gasteiger partial charge in [0.1, 0.15) is 0 Å². The van der Waals surface area contributed by atoms with Crippen LogP contribution < -0.4 is 0 Å². The summed E-state index contributed by atoms with van der Waals surface area (Å²) in [5, 5.41) is 2.05. The minimum atomic E-state index is 0.129. The highest BCUT2D eigenvalue weighted by atomic mass is 32.1. The van der Waals surface area contributed by atoms with Crippen LogP contribution in [-0.4, -0.2) is 48.2 Å². The molecule has 0 saturated carbocycles. The van der Waals surface area contributed by atoms with Gasteiger partial charge in [0.2, 0.25) is 5.91 Å². The molecule has 1 aromatic heterocycles. The van der Waals surface area contributed by atoms with Crippen molar-refractivity contribution in [3.63, 3.8) is 0 Å². The highest BCUT2D eigenvalue weighted by Crippen LogP contribution is 2.20. The van der Waals surface area contributed by atoms with E-state index >= 15 is 0 Å². The summed E-state index contributed by atoms with van der Waals surface area (Å²) in [4.78, 5) is 28.0. The Bertz CT molecular complexity index is 498. The lowest BCUT2D eigenvalue weighted by Gasteiger charge is -2.20. The fourth-order valence-electron chi connectivity index (χ4n) is 2.74. The minimum absolute atomic E-state index is 0.129. The molecule has 1 aliphatic heterocycles. The van der Waals surface area contributed by atoms with Crippen LogP contribution in [0.25, 0.3) is 0 Å². The number of ketones is 1. The Balaban J connectivity index is 1.84. The fourth-order valence-corrected chi connectivity index (χ4v) is 3.55. The maximum atomic E-state index is 11.7. The number of carbonyl (C=O) groups is 2. The summed E-state index contributed by atoms with van der Waals surface area (Å²) in [6.45, 7) is 7.07. The summed E-state index contributed by atoms with van der Waals surface area (Å²) in [6, 6.07) is 1.97. The number of amides is 1. The van der Waals surface area contributed by atoms with Crippen molar-refractivity contribution in [1.29, 1.82) is 0 Å². The monoisotopic (exact) mass is 294 g/mol.